The first kappa shape index (κ1) is 18.5. The second-order valence-electron chi connectivity index (χ2n) is 6.03. The average Bonchev–Trinajstić information content (AvgIpc) is 3.05. The summed E-state index contributed by atoms with van der Waals surface area (Å²) in [6, 6.07) is 7.71. The van der Waals surface area contributed by atoms with Gasteiger partial charge in [0, 0.05) is 30.2 Å². The van der Waals surface area contributed by atoms with E-state index in [0.29, 0.717) is 22.3 Å². The molecule has 1 N–H and O–H groups in total. The van der Waals surface area contributed by atoms with Crippen LogP contribution in [-0.2, 0) is 0 Å². The van der Waals surface area contributed by atoms with E-state index in [1.165, 1.54) is 0 Å². The maximum Gasteiger partial charge on any atom is 0.347 e. The third kappa shape index (κ3) is 3.62. The SMILES string of the molecule is C=C/C=c1/nc(-c2cc3ccc(N(CC)CC)cc3oc2=O)[nH]/c1=C/C=C. The van der Waals surface area contributed by atoms with Crippen molar-refractivity contribution in [3.05, 3.63) is 70.7 Å². The molecule has 0 aliphatic heterocycles. The van der Waals surface area contributed by atoms with Crippen LogP contribution in [0.1, 0.15) is 13.8 Å². The summed E-state index contributed by atoms with van der Waals surface area (Å²) >= 11 is 0. The van der Waals surface area contributed by atoms with Crippen LogP contribution in [0, 0.1) is 0 Å². The highest BCUT2D eigenvalue weighted by molar-refractivity contribution is 5.83. The van der Waals surface area contributed by atoms with Gasteiger partial charge < -0.3 is 14.3 Å². The van der Waals surface area contributed by atoms with Crippen LogP contribution in [0.15, 0.2) is 58.8 Å². The van der Waals surface area contributed by atoms with Crippen molar-refractivity contribution in [1.82, 2.24) is 9.97 Å². The summed E-state index contributed by atoms with van der Waals surface area (Å²) in [5, 5.41) is 2.30. The second-order valence-corrected chi connectivity index (χ2v) is 6.03. The number of imidazole rings is 1. The summed E-state index contributed by atoms with van der Waals surface area (Å²) in [4.78, 5) is 22.4. The zero-order valence-corrected chi connectivity index (χ0v) is 15.7. The number of fused-ring (bicyclic) bond motifs is 1. The topological polar surface area (TPSA) is 62.1 Å². The first-order chi connectivity index (χ1) is 13.1. The molecule has 2 aromatic heterocycles. The van der Waals surface area contributed by atoms with E-state index >= 15 is 0 Å². The van der Waals surface area contributed by atoms with Gasteiger partial charge in [-0.15, -0.1) is 0 Å². The molecule has 0 saturated heterocycles. The Morgan fingerprint density at radius 1 is 1.15 bits per heavy atom. The van der Waals surface area contributed by atoms with Gasteiger partial charge in [-0.1, -0.05) is 25.3 Å². The fourth-order valence-corrected chi connectivity index (χ4v) is 3.06. The minimum absolute atomic E-state index is 0.389. The van der Waals surface area contributed by atoms with Gasteiger partial charge in [-0.2, -0.15) is 0 Å². The standard InChI is InChI=1S/C22H23N3O2/c1-5-9-18-19(10-6-2)24-21(23-18)17-13-15-11-12-16(25(7-3)8-4)14-20(15)27-22(17)26/h5-6,9-14H,1-2,7-8H2,3-4H3,(H,23,24)/b18-9+,19-10+. The number of anilines is 1. The van der Waals surface area contributed by atoms with Crippen LogP contribution in [0.25, 0.3) is 34.5 Å². The van der Waals surface area contributed by atoms with Gasteiger partial charge in [0.1, 0.15) is 17.0 Å². The number of allylic oxidation sites excluding steroid dienone is 2. The highest BCUT2D eigenvalue weighted by atomic mass is 16.4. The Morgan fingerprint density at radius 2 is 1.89 bits per heavy atom. The largest absolute Gasteiger partial charge is 0.422 e. The van der Waals surface area contributed by atoms with Crippen LogP contribution in [0.3, 0.4) is 0 Å². The van der Waals surface area contributed by atoms with Crippen molar-refractivity contribution in [2.75, 3.05) is 18.0 Å². The van der Waals surface area contributed by atoms with Gasteiger partial charge in [0.05, 0.1) is 10.7 Å². The Hall–Kier alpha value is -3.34. The predicted molar refractivity (Wildman–Crippen MR) is 112 cm³/mol. The van der Waals surface area contributed by atoms with Crippen LogP contribution < -0.4 is 21.2 Å². The molecule has 0 spiro atoms. The minimum Gasteiger partial charge on any atom is -0.422 e. The second kappa shape index (κ2) is 7.91. The smallest absolute Gasteiger partial charge is 0.347 e. The maximum atomic E-state index is 12.6. The number of hydrogen-bond donors (Lipinski definition) is 1. The molecule has 0 radical (unpaired) electrons. The Morgan fingerprint density at radius 3 is 2.56 bits per heavy atom. The fourth-order valence-electron chi connectivity index (χ4n) is 3.06. The molecule has 2 heterocycles. The summed E-state index contributed by atoms with van der Waals surface area (Å²) in [5.41, 5.74) is 1.56. The quantitative estimate of drug-likeness (QED) is 0.686. The summed E-state index contributed by atoms with van der Waals surface area (Å²) < 4.78 is 5.59. The molecule has 1 aromatic carbocycles. The Bertz CT molecular complexity index is 1130. The molecular formula is C22H23N3O2. The van der Waals surface area contributed by atoms with Gasteiger partial charge >= 0.3 is 5.63 Å². The van der Waals surface area contributed by atoms with Gasteiger partial charge in [0.2, 0.25) is 0 Å². The van der Waals surface area contributed by atoms with E-state index in [2.05, 4.69) is 41.9 Å². The Labute approximate surface area is 157 Å². The van der Waals surface area contributed by atoms with Crippen LogP contribution in [0.5, 0.6) is 0 Å². The molecule has 27 heavy (non-hydrogen) atoms. The molecular weight excluding hydrogens is 338 g/mol. The van der Waals surface area contributed by atoms with Crippen molar-refractivity contribution in [2.45, 2.75) is 13.8 Å². The highest BCUT2D eigenvalue weighted by Gasteiger charge is 2.12. The van der Waals surface area contributed by atoms with Crippen LogP contribution in [0.4, 0.5) is 5.69 Å². The predicted octanol–water partition coefficient (Wildman–Crippen LogP) is 2.96. The fraction of sp³-hybridized carbons (Fsp3) is 0.182. The lowest BCUT2D eigenvalue weighted by Gasteiger charge is -2.20. The van der Waals surface area contributed by atoms with Gasteiger partial charge in [0.15, 0.2) is 0 Å². The zero-order valence-electron chi connectivity index (χ0n) is 15.7. The van der Waals surface area contributed by atoms with Crippen LogP contribution in [0.2, 0.25) is 0 Å². The molecule has 5 heteroatoms. The molecule has 3 aromatic rings. The van der Waals surface area contributed by atoms with Crippen LogP contribution in [-0.4, -0.2) is 23.1 Å². The first-order valence-electron chi connectivity index (χ1n) is 8.96. The number of hydrogen-bond acceptors (Lipinski definition) is 4. The number of aromatic nitrogens is 2. The number of H-pyrrole nitrogens is 1. The maximum absolute atomic E-state index is 12.6. The van der Waals surface area contributed by atoms with Crippen molar-refractivity contribution in [2.24, 2.45) is 0 Å². The molecule has 5 nitrogen and oxygen atoms in total. The molecule has 0 aliphatic carbocycles. The van der Waals surface area contributed by atoms with Gasteiger partial charge in [-0.25, -0.2) is 9.78 Å². The molecule has 3 rings (SSSR count). The van der Waals surface area contributed by atoms with Crippen molar-refractivity contribution < 1.29 is 4.42 Å². The number of benzene rings is 1. The molecule has 0 amide bonds. The highest BCUT2D eigenvalue weighted by Crippen LogP contribution is 2.23. The third-order valence-electron chi connectivity index (χ3n) is 4.42. The van der Waals surface area contributed by atoms with E-state index in [1.807, 2.05) is 18.2 Å². The first-order valence-corrected chi connectivity index (χ1v) is 8.96. The van der Waals surface area contributed by atoms with E-state index in [9.17, 15) is 4.79 Å². The van der Waals surface area contributed by atoms with Crippen molar-refractivity contribution >= 4 is 28.8 Å². The minimum atomic E-state index is -0.428. The van der Waals surface area contributed by atoms with Crippen LogP contribution >= 0.6 is 0 Å². The normalized spacial score (nSPS) is 12.5. The van der Waals surface area contributed by atoms with Gasteiger partial charge in [-0.05, 0) is 44.2 Å². The lowest BCUT2D eigenvalue weighted by Crippen LogP contribution is -2.23. The number of nitrogens with one attached hydrogen (secondary N) is 1. The number of aromatic amines is 1. The molecule has 0 atom stereocenters. The summed E-state index contributed by atoms with van der Waals surface area (Å²) in [7, 11) is 0. The lowest BCUT2D eigenvalue weighted by atomic mass is 10.1. The third-order valence-corrected chi connectivity index (χ3v) is 4.42. The molecule has 138 valence electrons. The molecule has 0 fully saturated rings. The van der Waals surface area contributed by atoms with E-state index in [4.69, 9.17) is 4.42 Å². The molecule has 0 aliphatic rings. The van der Waals surface area contributed by atoms with E-state index < -0.39 is 5.63 Å². The van der Waals surface area contributed by atoms with Crippen molar-refractivity contribution in [3.63, 3.8) is 0 Å². The Kier molecular flexibility index (Phi) is 5.41. The van der Waals surface area contributed by atoms with Crippen molar-refractivity contribution in [3.8, 4) is 11.4 Å². The van der Waals surface area contributed by atoms with E-state index in [0.717, 1.165) is 29.5 Å². The van der Waals surface area contributed by atoms with Gasteiger partial charge in [-0.3, -0.25) is 0 Å². The summed E-state index contributed by atoms with van der Waals surface area (Å²) in [6.45, 7) is 13.4. The Balaban J connectivity index is 2.17. The average molecular weight is 361 g/mol. The molecule has 0 bridgehead atoms. The van der Waals surface area contributed by atoms with Gasteiger partial charge in [0.25, 0.3) is 0 Å². The lowest BCUT2D eigenvalue weighted by molar-refractivity contribution is 0.562. The summed E-state index contributed by atoms with van der Waals surface area (Å²) in [6.07, 6.45) is 6.88. The number of rotatable bonds is 6. The monoisotopic (exact) mass is 361 g/mol. The van der Waals surface area contributed by atoms with Crippen molar-refractivity contribution in [1.29, 1.82) is 0 Å². The summed E-state index contributed by atoms with van der Waals surface area (Å²) in [5.74, 6) is 0.458. The van der Waals surface area contributed by atoms with E-state index in [1.54, 1.807) is 30.4 Å². The zero-order chi connectivity index (χ0) is 19.4. The number of nitrogens with zero attached hydrogens (tertiary/aromatic N) is 2. The molecule has 0 unspecified atom stereocenters. The molecule has 0 saturated carbocycles. The van der Waals surface area contributed by atoms with E-state index in [-0.39, 0.29) is 0 Å².